The highest BCUT2D eigenvalue weighted by Crippen LogP contribution is 2.34. The van der Waals surface area contributed by atoms with Crippen molar-refractivity contribution in [3.63, 3.8) is 0 Å². The molecule has 0 bridgehead atoms. The number of rotatable bonds is 6. The lowest BCUT2D eigenvalue weighted by molar-refractivity contribution is 0.174. The van der Waals surface area contributed by atoms with Gasteiger partial charge in [0.1, 0.15) is 5.75 Å². The summed E-state index contributed by atoms with van der Waals surface area (Å²) in [5.74, 6) is 2.56. The van der Waals surface area contributed by atoms with Crippen LogP contribution in [0, 0.1) is 0 Å². The first-order chi connectivity index (χ1) is 12.3. The smallest absolute Gasteiger partial charge is 0.231 e. The Morgan fingerprint density at radius 2 is 2.08 bits per heavy atom. The Hall–Kier alpha value is -2.66. The van der Waals surface area contributed by atoms with E-state index in [0.29, 0.717) is 6.79 Å². The first-order valence-electron chi connectivity index (χ1n) is 8.52. The number of hydrogen-bond acceptors (Lipinski definition) is 4. The van der Waals surface area contributed by atoms with E-state index in [1.807, 2.05) is 18.2 Å². The first kappa shape index (κ1) is 15.8. The largest absolute Gasteiger partial charge is 0.496 e. The summed E-state index contributed by atoms with van der Waals surface area (Å²) in [4.78, 5) is 3.32. The zero-order valence-electron chi connectivity index (χ0n) is 14.5. The fraction of sp³-hybridized carbons (Fsp3) is 0.300. The molecule has 5 nitrogen and oxygen atoms in total. The summed E-state index contributed by atoms with van der Waals surface area (Å²) in [6.45, 7) is 3.34. The van der Waals surface area contributed by atoms with Crippen molar-refractivity contribution in [2.75, 3.05) is 20.4 Å². The van der Waals surface area contributed by atoms with Crippen LogP contribution in [0.4, 0.5) is 0 Å². The van der Waals surface area contributed by atoms with Crippen molar-refractivity contribution >= 4 is 10.9 Å². The van der Waals surface area contributed by atoms with Crippen molar-refractivity contribution in [2.45, 2.75) is 19.4 Å². The molecule has 4 rings (SSSR count). The van der Waals surface area contributed by atoms with Gasteiger partial charge in [0.05, 0.1) is 7.11 Å². The van der Waals surface area contributed by atoms with Crippen LogP contribution in [-0.4, -0.2) is 25.4 Å². The third-order valence-electron chi connectivity index (χ3n) is 4.71. The quantitative estimate of drug-likeness (QED) is 0.718. The molecule has 3 aromatic rings. The molecule has 2 heterocycles. The Morgan fingerprint density at radius 3 is 2.96 bits per heavy atom. The summed E-state index contributed by atoms with van der Waals surface area (Å²) in [7, 11) is 1.71. The molecule has 0 fully saturated rings. The fourth-order valence-corrected chi connectivity index (χ4v) is 3.31. The summed E-state index contributed by atoms with van der Waals surface area (Å²) < 4.78 is 16.3. The van der Waals surface area contributed by atoms with E-state index in [1.54, 1.807) is 7.11 Å². The van der Waals surface area contributed by atoms with Crippen LogP contribution >= 0.6 is 0 Å². The molecule has 0 radical (unpaired) electrons. The predicted octanol–water partition coefficient (Wildman–Crippen LogP) is 3.80. The molecule has 2 aromatic carbocycles. The highest BCUT2D eigenvalue weighted by Gasteiger charge is 2.16. The van der Waals surface area contributed by atoms with Crippen LogP contribution in [-0.2, 0) is 6.42 Å². The molecule has 0 spiro atoms. The Kier molecular flexibility index (Phi) is 4.24. The first-order valence-corrected chi connectivity index (χ1v) is 8.52. The van der Waals surface area contributed by atoms with Gasteiger partial charge >= 0.3 is 0 Å². The van der Waals surface area contributed by atoms with Gasteiger partial charge in [-0.05, 0) is 55.3 Å². The van der Waals surface area contributed by atoms with Gasteiger partial charge in [-0.2, -0.15) is 0 Å². The van der Waals surface area contributed by atoms with Crippen molar-refractivity contribution in [1.29, 1.82) is 0 Å². The minimum Gasteiger partial charge on any atom is -0.496 e. The number of benzene rings is 2. The third-order valence-corrected chi connectivity index (χ3v) is 4.71. The van der Waals surface area contributed by atoms with Crippen LogP contribution in [0.25, 0.3) is 10.9 Å². The second-order valence-electron chi connectivity index (χ2n) is 6.24. The minimum absolute atomic E-state index is 0.238. The van der Waals surface area contributed by atoms with Crippen LogP contribution in [0.5, 0.6) is 17.2 Å². The highest BCUT2D eigenvalue weighted by atomic mass is 16.7. The van der Waals surface area contributed by atoms with Gasteiger partial charge in [-0.25, -0.2) is 0 Å². The molecule has 0 saturated carbocycles. The average Bonchev–Trinajstić information content (AvgIpc) is 3.27. The van der Waals surface area contributed by atoms with Crippen molar-refractivity contribution in [1.82, 2.24) is 10.3 Å². The van der Waals surface area contributed by atoms with Crippen molar-refractivity contribution in [2.24, 2.45) is 0 Å². The van der Waals surface area contributed by atoms with E-state index in [-0.39, 0.29) is 6.04 Å². The second-order valence-corrected chi connectivity index (χ2v) is 6.24. The van der Waals surface area contributed by atoms with Crippen LogP contribution in [0.2, 0.25) is 0 Å². The Balaban J connectivity index is 1.42. The molecule has 0 amide bonds. The molecule has 1 aliphatic heterocycles. The molecule has 0 aliphatic carbocycles. The monoisotopic (exact) mass is 338 g/mol. The van der Waals surface area contributed by atoms with Gasteiger partial charge < -0.3 is 24.5 Å². The molecule has 1 aromatic heterocycles. The summed E-state index contributed by atoms with van der Waals surface area (Å²) in [6, 6.07) is 12.4. The molecule has 1 aliphatic rings. The van der Waals surface area contributed by atoms with E-state index >= 15 is 0 Å². The summed E-state index contributed by atoms with van der Waals surface area (Å²) in [5, 5.41) is 4.75. The number of aromatic nitrogens is 1. The molecule has 1 atom stereocenters. The third kappa shape index (κ3) is 3.03. The SMILES string of the molecule is COc1cccc2[nH]cc(CCNC(C)c3ccc4c(c3)OCO4)c12. The Labute approximate surface area is 146 Å². The number of hydrogen-bond donors (Lipinski definition) is 2. The molecule has 0 saturated heterocycles. The van der Waals surface area contributed by atoms with Crippen LogP contribution in [0.15, 0.2) is 42.6 Å². The highest BCUT2D eigenvalue weighted by molar-refractivity contribution is 5.89. The molecular weight excluding hydrogens is 316 g/mol. The number of aromatic amines is 1. The summed E-state index contributed by atoms with van der Waals surface area (Å²) >= 11 is 0. The summed E-state index contributed by atoms with van der Waals surface area (Å²) in [6.07, 6.45) is 3.00. The van der Waals surface area contributed by atoms with Crippen LogP contribution in [0.3, 0.4) is 0 Å². The van der Waals surface area contributed by atoms with E-state index in [0.717, 1.165) is 35.7 Å². The van der Waals surface area contributed by atoms with Gasteiger partial charge in [0, 0.05) is 23.1 Å². The van der Waals surface area contributed by atoms with Crippen LogP contribution < -0.4 is 19.5 Å². The van der Waals surface area contributed by atoms with E-state index in [9.17, 15) is 0 Å². The van der Waals surface area contributed by atoms with Crippen molar-refractivity contribution < 1.29 is 14.2 Å². The normalized spacial score (nSPS) is 14.0. The van der Waals surface area contributed by atoms with E-state index in [4.69, 9.17) is 14.2 Å². The molecule has 2 N–H and O–H groups in total. The van der Waals surface area contributed by atoms with Gasteiger partial charge in [0.2, 0.25) is 6.79 Å². The molecule has 130 valence electrons. The van der Waals surface area contributed by atoms with E-state index < -0.39 is 0 Å². The van der Waals surface area contributed by atoms with E-state index in [1.165, 1.54) is 16.5 Å². The molecule has 25 heavy (non-hydrogen) atoms. The second kappa shape index (κ2) is 6.69. The predicted molar refractivity (Wildman–Crippen MR) is 97.5 cm³/mol. The lowest BCUT2D eigenvalue weighted by Gasteiger charge is -2.15. The van der Waals surface area contributed by atoms with Gasteiger partial charge in [0.25, 0.3) is 0 Å². The van der Waals surface area contributed by atoms with Crippen molar-refractivity contribution in [3.05, 3.63) is 53.7 Å². The maximum Gasteiger partial charge on any atom is 0.231 e. The zero-order chi connectivity index (χ0) is 17.2. The number of H-pyrrole nitrogens is 1. The van der Waals surface area contributed by atoms with Gasteiger partial charge in [-0.1, -0.05) is 12.1 Å². The Morgan fingerprint density at radius 1 is 1.20 bits per heavy atom. The molecular formula is C20H22N2O3. The van der Waals surface area contributed by atoms with Gasteiger partial charge in [0.15, 0.2) is 11.5 Å². The zero-order valence-corrected chi connectivity index (χ0v) is 14.5. The van der Waals surface area contributed by atoms with Crippen LogP contribution in [0.1, 0.15) is 24.1 Å². The fourth-order valence-electron chi connectivity index (χ4n) is 3.31. The topological polar surface area (TPSA) is 55.5 Å². The number of methoxy groups -OCH3 is 1. The van der Waals surface area contributed by atoms with Gasteiger partial charge in [-0.15, -0.1) is 0 Å². The lowest BCUT2D eigenvalue weighted by atomic mass is 10.1. The van der Waals surface area contributed by atoms with E-state index in [2.05, 4.69) is 41.6 Å². The number of nitrogens with one attached hydrogen (secondary N) is 2. The Bertz CT molecular complexity index is 888. The standard InChI is InChI=1S/C20H22N2O3/c1-13(14-6-7-17-19(10-14)25-12-24-17)21-9-8-15-11-22-16-4-3-5-18(23-2)20(15)16/h3-7,10-11,13,21-22H,8-9,12H2,1-2H3. The average molecular weight is 338 g/mol. The summed E-state index contributed by atoms with van der Waals surface area (Å²) in [5.41, 5.74) is 3.57. The molecule has 5 heteroatoms. The van der Waals surface area contributed by atoms with Crippen molar-refractivity contribution in [3.8, 4) is 17.2 Å². The molecule has 1 unspecified atom stereocenters. The maximum atomic E-state index is 5.50. The lowest BCUT2D eigenvalue weighted by Crippen LogP contribution is -2.21. The number of fused-ring (bicyclic) bond motifs is 2. The number of ether oxygens (including phenoxy) is 3. The van der Waals surface area contributed by atoms with Gasteiger partial charge in [-0.3, -0.25) is 0 Å². The maximum absolute atomic E-state index is 5.50. The minimum atomic E-state index is 0.238.